The molecule has 0 spiro atoms. The maximum atomic E-state index is 12.7. The highest BCUT2D eigenvalue weighted by Crippen LogP contribution is 2.18. The van der Waals surface area contributed by atoms with Gasteiger partial charge in [0.2, 0.25) is 0 Å². The molecule has 1 aromatic rings. The van der Waals surface area contributed by atoms with Crippen LogP contribution >= 0.6 is 0 Å². The van der Waals surface area contributed by atoms with E-state index in [1.807, 2.05) is 24.3 Å². The lowest BCUT2D eigenvalue weighted by molar-refractivity contribution is -0.507. The van der Waals surface area contributed by atoms with Crippen molar-refractivity contribution in [2.45, 2.75) is 44.9 Å². The number of carbonyl (C=O) groups excluding carboxylic acids is 1. The maximum Gasteiger partial charge on any atom is 0.415 e. The van der Waals surface area contributed by atoms with Gasteiger partial charge < -0.3 is 15.2 Å². The summed E-state index contributed by atoms with van der Waals surface area (Å²) < 4.78 is 10.7. The van der Waals surface area contributed by atoms with Crippen molar-refractivity contribution in [2.24, 2.45) is 15.7 Å². The molecule has 0 radical (unpaired) electrons. The van der Waals surface area contributed by atoms with E-state index in [-0.39, 0.29) is 25.0 Å². The van der Waals surface area contributed by atoms with Crippen LogP contribution in [-0.2, 0) is 22.4 Å². The van der Waals surface area contributed by atoms with Gasteiger partial charge in [0.25, 0.3) is 0 Å². The number of allylic oxidation sites excluding steroid dienone is 2. The minimum atomic E-state index is -1.50. The smallest absolute Gasteiger partial charge is 0.415 e. The topological polar surface area (TPSA) is 133 Å². The Morgan fingerprint density at radius 2 is 2.20 bits per heavy atom. The standard InChI is InChI=1S/C20H25N5O5/c1-2-29-20(26)24-13-15-10-7-9-14(12-15)8-5-3-4-6-11-30-19-22-17(21)16(25(27)28)18(24)23-19/h3,5,7,9-10,12,16-17H,2,4,6,8,11,13,21H2,1H3/b5-3+. The Balaban J connectivity index is 2.06. The average molecular weight is 415 g/mol. The first-order valence-electron chi connectivity index (χ1n) is 9.85. The molecule has 2 aliphatic heterocycles. The van der Waals surface area contributed by atoms with Crippen molar-refractivity contribution in [2.75, 3.05) is 13.2 Å². The minimum Gasteiger partial charge on any atom is -0.464 e. The molecule has 2 heterocycles. The van der Waals surface area contributed by atoms with E-state index in [4.69, 9.17) is 15.2 Å². The molecule has 10 nitrogen and oxygen atoms in total. The highest BCUT2D eigenvalue weighted by molar-refractivity contribution is 6.04. The number of amides is 1. The van der Waals surface area contributed by atoms with Gasteiger partial charge in [-0.1, -0.05) is 36.4 Å². The van der Waals surface area contributed by atoms with Crippen LogP contribution in [-0.4, -0.2) is 53.2 Å². The third kappa shape index (κ3) is 5.20. The molecule has 10 heteroatoms. The number of ether oxygens (including phenoxy) is 2. The largest absolute Gasteiger partial charge is 0.464 e. The Labute approximate surface area is 174 Å². The normalized spacial score (nSPS) is 23.1. The zero-order valence-corrected chi connectivity index (χ0v) is 16.8. The molecule has 2 unspecified atom stereocenters. The van der Waals surface area contributed by atoms with Crippen LogP contribution in [0.25, 0.3) is 0 Å². The molecule has 2 atom stereocenters. The second-order valence-electron chi connectivity index (χ2n) is 6.87. The third-order valence-corrected chi connectivity index (χ3v) is 4.65. The molecule has 1 aromatic carbocycles. The molecule has 3 rings (SSSR count). The van der Waals surface area contributed by atoms with Gasteiger partial charge in [0.1, 0.15) is 0 Å². The maximum absolute atomic E-state index is 12.7. The number of nitrogens with two attached hydrogens (primary N) is 1. The van der Waals surface area contributed by atoms with Gasteiger partial charge in [-0.2, -0.15) is 4.99 Å². The van der Waals surface area contributed by atoms with Crippen molar-refractivity contribution in [1.29, 1.82) is 0 Å². The van der Waals surface area contributed by atoms with Gasteiger partial charge in [0.05, 0.1) is 19.8 Å². The van der Waals surface area contributed by atoms with Gasteiger partial charge in [-0.25, -0.2) is 9.79 Å². The predicted octanol–water partition coefficient (Wildman–Crippen LogP) is 2.25. The van der Waals surface area contributed by atoms with Crippen molar-refractivity contribution >= 4 is 18.0 Å². The van der Waals surface area contributed by atoms with Crippen molar-refractivity contribution in [3.63, 3.8) is 0 Å². The number of fused-ring (bicyclic) bond motifs is 3. The highest BCUT2D eigenvalue weighted by Gasteiger charge is 2.43. The molecule has 0 saturated carbocycles. The fraction of sp³-hybridized carbons (Fsp3) is 0.450. The van der Waals surface area contributed by atoms with Crippen molar-refractivity contribution < 1.29 is 19.2 Å². The Hall–Kier alpha value is -3.27. The summed E-state index contributed by atoms with van der Waals surface area (Å²) in [5, 5.41) is 11.7. The van der Waals surface area contributed by atoms with E-state index < -0.39 is 23.2 Å². The molecule has 0 aliphatic carbocycles. The van der Waals surface area contributed by atoms with Crippen molar-refractivity contribution in [3.05, 3.63) is 57.7 Å². The van der Waals surface area contributed by atoms with Crippen molar-refractivity contribution in [3.8, 4) is 0 Å². The Morgan fingerprint density at radius 3 is 2.97 bits per heavy atom. The molecule has 2 N–H and O–H groups in total. The van der Waals surface area contributed by atoms with Crippen molar-refractivity contribution in [1.82, 2.24) is 4.90 Å². The van der Waals surface area contributed by atoms with Gasteiger partial charge in [-0.3, -0.25) is 15.0 Å². The fourth-order valence-corrected chi connectivity index (χ4v) is 3.23. The minimum absolute atomic E-state index is 0.0412. The van der Waals surface area contributed by atoms with E-state index >= 15 is 0 Å². The lowest BCUT2D eigenvalue weighted by Gasteiger charge is -2.28. The number of benzene rings is 1. The number of carbonyl (C=O) groups is 1. The monoisotopic (exact) mass is 415 g/mol. The second-order valence-corrected chi connectivity index (χ2v) is 6.87. The molecule has 2 aliphatic rings. The first kappa shape index (κ1) is 21.4. The third-order valence-electron chi connectivity index (χ3n) is 4.65. The summed E-state index contributed by atoms with van der Waals surface area (Å²) in [6.45, 7) is 2.14. The molecule has 0 saturated heterocycles. The van der Waals surface area contributed by atoms with Gasteiger partial charge in [0.15, 0.2) is 12.0 Å². The Kier molecular flexibility index (Phi) is 7.12. The first-order chi connectivity index (χ1) is 14.5. The van der Waals surface area contributed by atoms with Crippen LogP contribution in [0.15, 0.2) is 46.4 Å². The summed E-state index contributed by atoms with van der Waals surface area (Å²) in [6.07, 6.45) is 4.44. The van der Waals surface area contributed by atoms with E-state index in [0.29, 0.717) is 6.61 Å². The second kappa shape index (κ2) is 9.97. The lowest BCUT2D eigenvalue weighted by atomic mass is 10.1. The van der Waals surface area contributed by atoms with Crippen LogP contribution in [0.4, 0.5) is 4.79 Å². The summed E-state index contributed by atoms with van der Waals surface area (Å²) in [4.78, 5) is 33.2. The number of nitrogens with zero attached hydrogens (tertiary/aromatic N) is 4. The Morgan fingerprint density at radius 1 is 1.40 bits per heavy atom. The van der Waals surface area contributed by atoms with Crippen LogP contribution in [0.1, 0.15) is 30.9 Å². The first-order valence-corrected chi connectivity index (χ1v) is 9.85. The summed E-state index contributed by atoms with van der Waals surface area (Å²) in [5.41, 5.74) is 7.80. The van der Waals surface area contributed by atoms with Gasteiger partial charge >= 0.3 is 18.2 Å². The summed E-state index contributed by atoms with van der Waals surface area (Å²) in [7, 11) is 0. The molecule has 4 bridgehead atoms. The number of hydrogen-bond acceptors (Lipinski definition) is 8. The Bertz CT molecular complexity index is 882. The van der Waals surface area contributed by atoms with Crippen LogP contribution in [0.3, 0.4) is 0 Å². The zero-order valence-electron chi connectivity index (χ0n) is 16.8. The predicted molar refractivity (Wildman–Crippen MR) is 111 cm³/mol. The summed E-state index contributed by atoms with van der Waals surface area (Å²) in [6, 6.07) is 6.09. The number of amidine groups is 2. The number of hydrogen-bond donors (Lipinski definition) is 1. The SMILES string of the molecule is CCOC(=O)N1Cc2cccc(c2)C/C=C/CCCOC2=NC(N)C([N+](=O)[O-])C1=N2. The molecular weight excluding hydrogens is 390 g/mol. The van der Waals surface area contributed by atoms with Crippen LogP contribution in [0.2, 0.25) is 0 Å². The van der Waals surface area contributed by atoms with E-state index in [9.17, 15) is 14.9 Å². The molecule has 1 amide bonds. The van der Waals surface area contributed by atoms with E-state index in [0.717, 1.165) is 35.3 Å². The van der Waals surface area contributed by atoms with E-state index in [1.165, 1.54) is 0 Å². The highest BCUT2D eigenvalue weighted by atomic mass is 16.6. The van der Waals surface area contributed by atoms with Crippen LogP contribution in [0, 0.1) is 10.1 Å². The van der Waals surface area contributed by atoms with E-state index in [2.05, 4.69) is 22.1 Å². The van der Waals surface area contributed by atoms with Gasteiger partial charge in [-0.15, -0.1) is 0 Å². The fourth-order valence-electron chi connectivity index (χ4n) is 3.23. The summed E-state index contributed by atoms with van der Waals surface area (Å²) >= 11 is 0. The van der Waals surface area contributed by atoms with Gasteiger partial charge in [0, 0.05) is 4.92 Å². The molecule has 160 valence electrons. The van der Waals surface area contributed by atoms with Crippen LogP contribution < -0.4 is 5.73 Å². The quantitative estimate of drug-likeness (QED) is 0.447. The summed E-state index contributed by atoms with van der Waals surface area (Å²) in [5.74, 6) is -0.144. The number of aliphatic imine (C=N–C) groups is 2. The molecule has 0 aromatic heterocycles. The lowest BCUT2D eigenvalue weighted by Crippen LogP contribution is -2.55. The average Bonchev–Trinajstić information content (AvgIpc) is 2.70. The number of nitro groups is 1. The zero-order chi connectivity index (χ0) is 21.5. The van der Waals surface area contributed by atoms with E-state index in [1.54, 1.807) is 6.92 Å². The molecule has 30 heavy (non-hydrogen) atoms. The molecule has 0 fully saturated rings. The number of rotatable bonds is 2. The molecular formula is C20H25N5O5. The van der Waals surface area contributed by atoms with Gasteiger partial charge in [-0.05, 0) is 37.3 Å². The van der Waals surface area contributed by atoms with Crippen LogP contribution in [0.5, 0.6) is 0 Å².